The quantitative estimate of drug-likeness (QED) is 0.834. The van der Waals surface area contributed by atoms with Gasteiger partial charge in [-0.25, -0.2) is 0 Å². The van der Waals surface area contributed by atoms with Crippen molar-refractivity contribution in [3.63, 3.8) is 0 Å². The third-order valence-electron chi connectivity index (χ3n) is 4.37. The molecular weight excluding hydrogens is 220 g/mol. The molecule has 100 valence electrons. The zero-order valence-corrected chi connectivity index (χ0v) is 12.1. The molecule has 1 heterocycles. The van der Waals surface area contributed by atoms with Crippen molar-refractivity contribution in [3.05, 3.63) is 34.9 Å². The summed E-state index contributed by atoms with van der Waals surface area (Å²) in [5, 5.41) is 6.98. The molecule has 2 rings (SSSR count). The monoisotopic (exact) mass is 246 g/mol. The molecule has 0 atom stereocenters. The number of hydrogen-bond donors (Lipinski definition) is 2. The van der Waals surface area contributed by atoms with Gasteiger partial charge in [0.15, 0.2) is 0 Å². The Morgan fingerprint density at radius 3 is 2.67 bits per heavy atom. The molecule has 1 aromatic carbocycles. The molecule has 0 bridgehead atoms. The first-order chi connectivity index (χ1) is 8.49. The molecule has 0 unspecified atom stereocenters. The number of fused-ring (bicyclic) bond motifs is 1. The first-order valence-corrected chi connectivity index (χ1v) is 7.01. The van der Waals surface area contributed by atoms with Crippen LogP contribution < -0.4 is 10.6 Å². The predicted molar refractivity (Wildman–Crippen MR) is 77.3 cm³/mol. The fraction of sp³-hybridized carbons (Fsp3) is 0.625. The number of hydrogen-bond acceptors (Lipinski definition) is 2. The number of benzene rings is 1. The summed E-state index contributed by atoms with van der Waals surface area (Å²) in [4.78, 5) is 0. The van der Waals surface area contributed by atoms with E-state index in [2.05, 4.69) is 56.5 Å². The van der Waals surface area contributed by atoms with Gasteiger partial charge in [-0.15, -0.1) is 0 Å². The summed E-state index contributed by atoms with van der Waals surface area (Å²) in [7, 11) is 0. The van der Waals surface area contributed by atoms with Gasteiger partial charge >= 0.3 is 0 Å². The van der Waals surface area contributed by atoms with E-state index < -0.39 is 0 Å². The van der Waals surface area contributed by atoms with E-state index >= 15 is 0 Å². The molecule has 2 heteroatoms. The Labute approximate surface area is 111 Å². The Hall–Kier alpha value is -0.860. The van der Waals surface area contributed by atoms with Gasteiger partial charge in [0.25, 0.3) is 0 Å². The molecule has 1 aliphatic rings. The van der Waals surface area contributed by atoms with E-state index in [1.165, 1.54) is 16.7 Å². The number of rotatable bonds is 5. The Morgan fingerprint density at radius 1 is 1.22 bits per heavy atom. The third-order valence-corrected chi connectivity index (χ3v) is 4.37. The summed E-state index contributed by atoms with van der Waals surface area (Å²) in [6.45, 7) is 13.4. The van der Waals surface area contributed by atoms with Crippen LogP contribution in [0.25, 0.3) is 0 Å². The highest BCUT2D eigenvalue weighted by atomic mass is 14.9. The minimum atomic E-state index is 0.359. The van der Waals surface area contributed by atoms with Crippen LogP contribution in [-0.4, -0.2) is 6.54 Å². The second-order valence-corrected chi connectivity index (χ2v) is 6.45. The summed E-state index contributed by atoms with van der Waals surface area (Å²) in [5.74, 6) is 0.703. The van der Waals surface area contributed by atoms with Crippen LogP contribution in [0.3, 0.4) is 0 Å². The lowest BCUT2D eigenvalue weighted by molar-refractivity contribution is 0.238. The summed E-state index contributed by atoms with van der Waals surface area (Å²) in [5.41, 5.74) is 4.69. The van der Waals surface area contributed by atoms with Crippen molar-refractivity contribution in [1.82, 2.24) is 10.6 Å². The van der Waals surface area contributed by atoms with Gasteiger partial charge in [0.2, 0.25) is 0 Å². The number of nitrogens with one attached hydrogen (secondary N) is 2. The highest BCUT2D eigenvalue weighted by Gasteiger charge is 2.21. The van der Waals surface area contributed by atoms with Gasteiger partial charge in [-0.2, -0.15) is 0 Å². The lowest BCUT2D eigenvalue weighted by atomic mass is 9.81. The van der Waals surface area contributed by atoms with Crippen LogP contribution in [0.5, 0.6) is 0 Å². The van der Waals surface area contributed by atoms with E-state index in [9.17, 15) is 0 Å². The van der Waals surface area contributed by atoms with Crippen LogP contribution >= 0.6 is 0 Å². The zero-order chi connectivity index (χ0) is 13.2. The second-order valence-electron chi connectivity index (χ2n) is 6.45. The van der Waals surface area contributed by atoms with E-state index in [1.54, 1.807) is 0 Å². The fourth-order valence-electron chi connectivity index (χ4n) is 2.19. The summed E-state index contributed by atoms with van der Waals surface area (Å²) >= 11 is 0. The lowest BCUT2D eigenvalue weighted by Gasteiger charge is -2.29. The van der Waals surface area contributed by atoms with Gasteiger partial charge < -0.3 is 10.6 Å². The van der Waals surface area contributed by atoms with Crippen molar-refractivity contribution in [2.75, 3.05) is 6.54 Å². The van der Waals surface area contributed by atoms with E-state index in [1.807, 2.05) is 0 Å². The minimum absolute atomic E-state index is 0.359. The molecule has 18 heavy (non-hydrogen) atoms. The Morgan fingerprint density at radius 2 is 1.94 bits per heavy atom. The second kappa shape index (κ2) is 5.41. The van der Waals surface area contributed by atoms with Crippen molar-refractivity contribution in [2.45, 2.75) is 47.3 Å². The molecule has 0 aliphatic carbocycles. The van der Waals surface area contributed by atoms with Gasteiger partial charge in [0.05, 0.1) is 0 Å². The maximum absolute atomic E-state index is 3.59. The molecule has 0 spiro atoms. The fourth-order valence-corrected chi connectivity index (χ4v) is 2.19. The molecule has 2 nitrogen and oxygen atoms in total. The first kappa shape index (κ1) is 13.6. The van der Waals surface area contributed by atoms with Crippen LogP contribution in [0.15, 0.2) is 18.2 Å². The third kappa shape index (κ3) is 3.12. The maximum atomic E-state index is 3.59. The Balaban J connectivity index is 1.87. The maximum Gasteiger partial charge on any atom is 0.0212 e. The van der Waals surface area contributed by atoms with Crippen molar-refractivity contribution in [3.8, 4) is 0 Å². The van der Waals surface area contributed by atoms with Crippen LogP contribution in [0.4, 0.5) is 0 Å². The van der Waals surface area contributed by atoms with Crippen molar-refractivity contribution < 1.29 is 0 Å². The topological polar surface area (TPSA) is 24.1 Å². The van der Waals surface area contributed by atoms with Gasteiger partial charge in [-0.05, 0) is 28.0 Å². The molecule has 0 fully saturated rings. The molecule has 0 saturated carbocycles. The molecule has 0 aromatic heterocycles. The smallest absolute Gasteiger partial charge is 0.0212 e. The summed E-state index contributed by atoms with van der Waals surface area (Å²) in [6, 6.07) is 6.85. The highest BCUT2D eigenvalue weighted by molar-refractivity contribution is 5.34. The summed E-state index contributed by atoms with van der Waals surface area (Å²) < 4.78 is 0. The van der Waals surface area contributed by atoms with Gasteiger partial charge in [0, 0.05) is 26.2 Å². The molecule has 1 aromatic rings. The Bertz CT molecular complexity index is 408. The van der Waals surface area contributed by atoms with Gasteiger partial charge in [0.1, 0.15) is 0 Å². The Kier molecular flexibility index (Phi) is 4.08. The van der Waals surface area contributed by atoms with Crippen LogP contribution in [0.2, 0.25) is 0 Å². The molecule has 2 N–H and O–H groups in total. The molecular formula is C16H26N2. The lowest BCUT2D eigenvalue weighted by Crippen LogP contribution is -2.33. The van der Waals surface area contributed by atoms with Crippen molar-refractivity contribution in [2.24, 2.45) is 11.3 Å². The van der Waals surface area contributed by atoms with Crippen LogP contribution in [0.1, 0.15) is 44.4 Å². The average molecular weight is 246 g/mol. The normalized spacial score (nSPS) is 15.2. The van der Waals surface area contributed by atoms with Crippen molar-refractivity contribution >= 4 is 0 Å². The van der Waals surface area contributed by atoms with Crippen LogP contribution in [0, 0.1) is 11.3 Å². The predicted octanol–water partition coefficient (Wildman–Crippen LogP) is 3.06. The van der Waals surface area contributed by atoms with E-state index in [4.69, 9.17) is 0 Å². The molecule has 0 amide bonds. The molecule has 0 saturated heterocycles. The standard InChI is InChI=1S/C16H26N2/c1-12(2)16(3,4)11-18-8-13-5-6-14-9-17-10-15(14)7-13/h5-7,12,17-18H,8-11H2,1-4H3. The van der Waals surface area contributed by atoms with E-state index in [0.717, 1.165) is 26.2 Å². The summed E-state index contributed by atoms with van der Waals surface area (Å²) in [6.07, 6.45) is 0. The first-order valence-electron chi connectivity index (χ1n) is 7.01. The highest BCUT2D eigenvalue weighted by Crippen LogP contribution is 2.25. The van der Waals surface area contributed by atoms with Crippen LogP contribution in [-0.2, 0) is 19.6 Å². The average Bonchev–Trinajstić information content (AvgIpc) is 2.75. The largest absolute Gasteiger partial charge is 0.312 e. The van der Waals surface area contributed by atoms with Gasteiger partial charge in [-0.1, -0.05) is 45.9 Å². The molecule has 0 radical (unpaired) electrons. The zero-order valence-electron chi connectivity index (χ0n) is 12.1. The van der Waals surface area contributed by atoms with Crippen molar-refractivity contribution in [1.29, 1.82) is 0 Å². The molecule has 1 aliphatic heterocycles. The van der Waals surface area contributed by atoms with Gasteiger partial charge in [-0.3, -0.25) is 0 Å². The van der Waals surface area contributed by atoms with E-state index in [-0.39, 0.29) is 0 Å². The minimum Gasteiger partial charge on any atom is -0.312 e. The SMILES string of the molecule is CC(C)C(C)(C)CNCc1ccc2c(c1)CNC2. The van der Waals surface area contributed by atoms with E-state index in [0.29, 0.717) is 11.3 Å².